The molecule has 0 aliphatic heterocycles. The SMILES string of the molecule is CCC1CCC(Nc2ccccc2-c2nnc(C)o2)C1. The van der Waals surface area contributed by atoms with Crippen LogP contribution >= 0.6 is 0 Å². The molecule has 4 heteroatoms. The van der Waals surface area contributed by atoms with E-state index in [1.165, 1.54) is 25.7 Å². The van der Waals surface area contributed by atoms with Crippen molar-refractivity contribution in [3.8, 4) is 11.5 Å². The highest BCUT2D eigenvalue weighted by Gasteiger charge is 2.24. The highest BCUT2D eigenvalue weighted by molar-refractivity contribution is 5.72. The minimum atomic E-state index is 0.560. The molecule has 20 heavy (non-hydrogen) atoms. The number of benzene rings is 1. The van der Waals surface area contributed by atoms with Gasteiger partial charge in [0.15, 0.2) is 0 Å². The molecule has 0 radical (unpaired) electrons. The van der Waals surface area contributed by atoms with Crippen LogP contribution in [-0.4, -0.2) is 16.2 Å². The van der Waals surface area contributed by atoms with Gasteiger partial charge in [0.2, 0.25) is 11.8 Å². The van der Waals surface area contributed by atoms with Crippen LogP contribution in [0.1, 0.15) is 38.5 Å². The summed E-state index contributed by atoms with van der Waals surface area (Å²) in [4.78, 5) is 0. The summed E-state index contributed by atoms with van der Waals surface area (Å²) in [6.07, 6.45) is 5.11. The molecule has 4 nitrogen and oxygen atoms in total. The van der Waals surface area contributed by atoms with Crippen LogP contribution in [0.2, 0.25) is 0 Å². The molecule has 1 aliphatic rings. The van der Waals surface area contributed by atoms with Crippen LogP contribution in [0.4, 0.5) is 5.69 Å². The van der Waals surface area contributed by atoms with E-state index in [2.05, 4.69) is 28.5 Å². The molecule has 0 bridgehead atoms. The zero-order valence-electron chi connectivity index (χ0n) is 12.1. The fourth-order valence-corrected chi connectivity index (χ4v) is 3.00. The molecule has 0 saturated heterocycles. The Balaban J connectivity index is 1.80. The Hall–Kier alpha value is -1.84. The van der Waals surface area contributed by atoms with Crippen LogP contribution in [0.15, 0.2) is 28.7 Å². The van der Waals surface area contributed by atoms with E-state index < -0.39 is 0 Å². The van der Waals surface area contributed by atoms with Gasteiger partial charge >= 0.3 is 0 Å². The maximum atomic E-state index is 5.55. The van der Waals surface area contributed by atoms with E-state index in [9.17, 15) is 0 Å². The van der Waals surface area contributed by atoms with Crippen LogP contribution in [-0.2, 0) is 0 Å². The van der Waals surface area contributed by atoms with Crippen molar-refractivity contribution in [3.63, 3.8) is 0 Å². The number of nitrogens with one attached hydrogen (secondary N) is 1. The van der Waals surface area contributed by atoms with Crippen LogP contribution in [0.5, 0.6) is 0 Å². The van der Waals surface area contributed by atoms with E-state index >= 15 is 0 Å². The van der Waals surface area contributed by atoms with Gasteiger partial charge in [0.25, 0.3) is 0 Å². The average molecular weight is 271 g/mol. The van der Waals surface area contributed by atoms with Gasteiger partial charge in [-0.1, -0.05) is 25.5 Å². The van der Waals surface area contributed by atoms with Crippen molar-refractivity contribution in [3.05, 3.63) is 30.2 Å². The standard InChI is InChI=1S/C16H21N3O/c1-3-12-8-9-13(10-12)17-15-7-5-4-6-14(15)16-19-18-11(2)20-16/h4-7,12-13,17H,3,8-10H2,1-2H3. The number of anilines is 1. The topological polar surface area (TPSA) is 51.0 Å². The molecule has 0 spiro atoms. The molecule has 1 aromatic carbocycles. The Labute approximate surface area is 119 Å². The second-order valence-corrected chi connectivity index (χ2v) is 5.60. The maximum absolute atomic E-state index is 5.55. The van der Waals surface area contributed by atoms with E-state index in [0.717, 1.165) is 17.2 Å². The second kappa shape index (κ2) is 5.65. The molecule has 3 rings (SSSR count). The van der Waals surface area contributed by atoms with Crippen molar-refractivity contribution in [1.29, 1.82) is 0 Å². The van der Waals surface area contributed by atoms with Gasteiger partial charge in [0, 0.05) is 18.7 Å². The summed E-state index contributed by atoms with van der Waals surface area (Å²) in [6.45, 7) is 4.09. The summed E-state index contributed by atoms with van der Waals surface area (Å²) >= 11 is 0. The number of aryl methyl sites for hydroxylation is 1. The Morgan fingerprint density at radius 2 is 2.10 bits per heavy atom. The first-order valence-electron chi connectivity index (χ1n) is 7.42. The largest absolute Gasteiger partial charge is 0.421 e. The fourth-order valence-electron chi connectivity index (χ4n) is 3.00. The lowest BCUT2D eigenvalue weighted by atomic mass is 10.1. The Kier molecular flexibility index (Phi) is 3.72. The number of rotatable bonds is 4. The molecule has 1 heterocycles. The molecule has 1 aromatic heterocycles. The van der Waals surface area contributed by atoms with Crippen molar-refractivity contribution in [2.24, 2.45) is 5.92 Å². The van der Waals surface area contributed by atoms with E-state index in [4.69, 9.17) is 4.42 Å². The van der Waals surface area contributed by atoms with Crippen LogP contribution in [0.3, 0.4) is 0 Å². The molecule has 1 fully saturated rings. The molecule has 1 aliphatic carbocycles. The Morgan fingerprint density at radius 3 is 2.80 bits per heavy atom. The van der Waals surface area contributed by atoms with Gasteiger partial charge in [-0.15, -0.1) is 10.2 Å². The van der Waals surface area contributed by atoms with Crippen molar-refractivity contribution >= 4 is 5.69 Å². The molecule has 106 valence electrons. The molecule has 1 N–H and O–H groups in total. The normalized spacial score (nSPS) is 22.1. The Morgan fingerprint density at radius 1 is 1.25 bits per heavy atom. The van der Waals surface area contributed by atoms with E-state index in [-0.39, 0.29) is 0 Å². The first kappa shape index (κ1) is 13.2. The van der Waals surface area contributed by atoms with Crippen LogP contribution < -0.4 is 5.32 Å². The van der Waals surface area contributed by atoms with E-state index in [1.807, 2.05) is 25.1 Å². The molecule has 2 aromatic rings. The smallest absolute Gasteiger partial charge is 0.249 e. The van der Waals surface area contributed by atoms with Gasteiger partial charge in [-0.25, -0.2) is 0 Å². The second-order valence-electron chi connectivity index (χ2n) is 5.60. The van der Waals surface area contributed by atoms with Gasteiger partial charge in [-0.3, -0.25) is 0 Å². The summed E-state index contributed by atoms with van der Waals surface area (Å²) in [5.74, 6) is 2.06. The summed E-state index contributed by atoms with van der Waals surface area (Å²) in [5.41, 5.74) is 2.09. The summed E-state index contributed by atoms with van der Waals surface area (Å²) in [5, 5.41) is 11.7. The predicted octanol–water partition coefficient (Wildman–Crippen LogP) is 4.04. The van der Waals surface area contributed by atoms with Crippen LogP contribution in [0, 0.1) is 12.8 Å². The minimum absolute atomic E-state index is 0.560. The first-order valence-corrected chi connectivity index (χ1v) is 7.42. The highest BCUT2D eigenvalue weighted by atomic mass is 16.4. The quantitative estimate of drug-likeness (QED) is 0.912. The summed E-state index contributed by atoms with van der Waals surface area (Å²) in [6, 6.07) is 8.73. The molecule has 2 atom stereocenters. The zero-order valence-corrected chi connectivity index (χ0v) is 12.1. The van der Waals surface area contributed by atoms with Crippen molar-refractivity contribution in [1.82, 2.24) is 10.2 Å². The van der Waals surface area contributed by atoms with Gasteiger partial charge in [-0.05, 0) is 37.3 Å². The van der Waals surface area contributed by atoms with Gasteiger partial charge in [0.1, 0.15) is 0 Å². The van der Waals surface area contributed by atoms with E-state index in [0.29, 0.717) is 17.8 Å². The fraction of sp³-hybridized carbons (Fsp3) is 0.500. The third kappa shape index (κ3) is 2.69. The minimum Gasteiger partial charge on any atom is -0.421 e. The van der Waals surface area contributed by atoms with Crippen LogP contribution in [0.25, 0.3) is 11.5 Å². The van der Waals surface area contributed by atoms with Gasteiger partial charge in [0.05, 0.1) is 5.56 Å². The number of hydrogen-bond donors (Lipinski definition) is 1. The van der Waals surface area contributed by atoms with Crippen molar-refractivity contribution in [2.75, 3.05) is 5.32 Å². The zero-order chi connectivity index (χ0) is 13.9. The molecule has 0 amide bonds. The third-order valence-electron chi connectivity index (χ3n) is 4.16. The highest BCUT2D eigenvalue weighted by Crippen LogP contribution is 2.33. The van der Waals surface area contributed by atoms with E-state index in [1.54, 1.807) is 0 Å². The van der Waals surface area contributed by atoms with Crippen molar-refractivity contribution in [2.45, 2.75) is 45.6 Å². The van der Waals surface area contributed by atoms with Gasteiger partial charge in [-0.2, -0.15) is 0 Å². The molecule has 2 unspecified atom stereocenters. The summed E-state index contributed by atoms with van der Waals surface area (Å²) in [7, 11) is 0. The maximum Gasteiger partial charge on any atom is 0.249 e. The number of nitrogens with zero attached hydrogens (tertiary/aromatic N) is 2. The first-order chi connectivity index (χ1) is 9.76. The summed E-state index contributed by atoms with van der Waals surface area (Å²) < 4.78 is 5.55. The monoisotopic (exact) mass is 271 g/mol. The lowest BCUT2D eigenvalue weighted by molar-refractivity contribution is 0.524. The number of para-hydroxylation sites is 1. The molecular weight excluding hydrogens is 250 g/mol. The number of hydrogen-bond acceptors (Lipinski definition) is 4. The molecule has 1 saturated carbocycles. The molecular formula is C16H21N3O. The van der Waals surface area contributed by atoms with Crippen molar-refractivity contribution < 1.29 is 4.42 Å². The number of aromatic nitrogens is 2. The lowest BCUT2D eigenvalue weighted by Gasteiger charge is -2.16. The Bertz CT molecular complexity index is 579. The average Bonchev–Trinajstić information content (AvgIpc) is 3.08. The van der Waals surface area contributed by atoms with Gasteiger partial charge < -0.3 is 9.73 Å². The lowest BCUT2D eigenvalue weighted by Crippen LogP contribution is -2.16. The third-order valence-corrected chi connectivity index (χ3v) is 4.16. The predicted molar refractivity (Wildman–Crippen MR) is 79.5 cm³/mol.